The predicted molar refractivity (Wildman–Crippen MR) is 34.6 cm³/mol. The number of rotatable bonds is 0. The molecule has 2 rings (SSSR count). The highest BCUT2D eigenvalue weighted by Crippen LogP contribution is 2.01. The zero-order chi connectivity index (χ0) is 5.40. The summed E-state index contributed by atoms with van der Waals surface area (Å²) in [5.41, 5.74) is 0. The fourth-order valence-corrected chi connectivity index (χ4v) is 1.01. The number of thiol groups is 1. The molecule has 0 bridgehead atoms. The normalized spacial score (nSPS) is 22.0. The van der Waals surface area contributed by atoms with Crippen molar-refractivity contribution < 1.29 is 0 Å². The average molecular weight is 126 g/mol. The maximum Gasteiger partial charge on any atom is 0.209 e. The minimum atomic E-state index is 0.673. The van der Waals surface area contributed by atoms with Crippen molar-refractivity contribution in [3.05, 3.63) is 0 Å². The molecule has 0 unspecified atom stereocenters. The molecular formula is C3H2N4S. The van der Waals surface area contributed by atoms with Gasteiger partial charge >= 0.3 is 0 Å². The van der Waals surface area contributed by atoms with Gasteiger partial charge in [0.15, 0.2) is 5.04 Å². The van der Waals surface area contributed by atoms with E-state index in [9.17, 15) is 0 Å². The van der Waals surface area contributed by atoms with Gasteiger partial charge in [0.25, 0.3) is 0 Å². The summed E-state index contributed by atoms with van der Waals surface area (Å²) in [5.74, 6) is 0.673. The smallest absolute Gasteiger partial charge is 0.209 e. The summed E-state index contributed by atoms with van der Waals surface area (Å²) in [5, 5.41) is 4.56. The van der Waals surface area contributed by atoms with Gasteiger partial charge in [0, 0.05) is 0 Å². The predicted octanol–water partition coefficient (Wildman–Crippen LogP) is -0.248. The van der Waals surface area contributed by atoms with E-state index >= 15 is 0 Å². The Labute approximate surface area is 49.2 Å². The lowest BCUT2D eigenvalue weighted by molar-refractivity contribution is 1.29. The first kappa shape index (κ1) is 4.08. The van der Waals surface area contributed by atoms with Gasteiger partial charge in [0.05, 0.1) is 0 Å². The Morgan fingerprint density at radius 3 is 3.38 bits per heavy atom. The average Bonchev–Trinajstić information content (AvgIpc) is 2.15. The summed E-state index contributed by atoms with van der Waals surface area (Å²) in [6, 6.07) is 0. The SMILES string of the molecule is C1=NC2=NN=[SH]C2=N1. The van der Waals surface area contributed by atoms with E-state index in [1.807, 2.05) is 0 Å². The molecule has 0 saturated heterocycles. The molecule has 0 aromatic carbocycles. The minimum Gasteiger partial charge on any atom is -0.225 e. The Kier molecular flexibility index (Phi) is 0.672. The first-order valence-electron chi connectivity index (χ1n) is 2.06. The van der Waals surface area contributed by atoms with Gasteiger partial charge < -0.3 is 0 Å². The molecule has 2 aliphatic heterocycles. The standard InChI is InChI=1S/C3H2N4S/c1-4-2-3(5-1)8-7-6-2/h1,8H. The maximum atomic E-state index is 3.89. The van der Waals surface area contributed by atoms with Crippen LogP contribution in [0.4, 0.5) is 0 Å². The van der Waals surface area contributed by atoms with Crippen molar-refractivity contribution in [2.24, 2.45) is 19.6 Å². The summed E-state index contributed by atoms with van der Waals surface area (Å²) in [7, 11) is 0. The Bertz CT molecular complexity index is 210. The molecule has 0 aromatic heterocycles. The summed E-state index contributed by atoms with van der Waals surface area (Å²) in [6.07, 6.45) is 1.50. The number of aliphatic imine (C=N–C) groups is 2. The maximum absolute atomic E-state index is 3.89. The molecule has 0 amide bonds. The Morgan fingerprint density at radius 2 is 2.50 bits per heavy atom. The van der Waals surface area contributed by atoms with Crippen LogP contribution in [0.25, 0.3) is 0 Å². The van der Waals surface area contributed by atoms with Crippen molar-refractivity contribution in [1.82, 2.24) is 0 Å². The monoisotopic (exact) mass is 126 g/mol. The van der Waals surface area contributed by atoms with Gasteiger partial charge in [-0.15, -0.1) is 9.57 Å². The first-order valence-corrected chi connectivity index (χ1v) is 2.91. The summed E-state index contributed by atoms with van der Waals surface area (Å²) >= 11 is 0.824. The van der Waals surface area contributed by atoms with E-state index in [2.05, 4.69) is 19.6 Å². The third kappa shape index (κ3) is 0.389. The molecule has 0 N–H and O–H groups in total. The second-order valence-electron chi connectivity index (χ2n) is 1.31. The van der Waals surface area contributed by atoms with Crippen molar-refractivity contribution in [2.45, 2.75) is 0 Å². The number of fused-ring (bicyclic) bond motifs is 1. The van der Waals surface area contributed by atoms with Crippen LogP contribution < -0.4 is 0 Å². The van der Waals surface area contributed by atoms with Crippen molar-refractivity contribution in [3.63, 3.8) is 0 Å². The van der Waals surface area contributed by atoms with Gasteiger partial charge in [-0.3, -0.25) is 0 Å². The molecule has 0 aliphatic carbocycles. The van der Waals surface area contributed by atoms with E-state index in [1.165, 1.54) is 6.34 Å². The second-order valence-corrected chi connectivity index (χ2v) is 2.11. The van der Waals surface area contributed by atoms with Crippen LogP contribution >= 0.6 is 0 Å². The van der Waals surface area contributed by atoms with Crippen LogP contribution in [0.1, 0.15) is 0 Å². The van der Waals surface area contributed by atoms with Gasteiger partial charge in [0.1, 0.15) is 6.34 Å². The molecule has 0 fully saturated rings. The third-order valence-corrected chi connectivity index (χ3v) is 1.52. The Morgan fingerprint density at radius 1 is 1.50 bits per heavy atom. The van der Waals surface area contributed by atoms with Crippen molar-refractivity contribution in [1.29, 1.82) is 0 Å². The van der Waals surface area contributed by atoms with Crippen molar-refractivity contribution in [3.8, 4) is 0 Å². The first-order chi connectivity index (χ1) is 3.97. The number of hydrogen-bond donors (Lipinski definition) is 1. The van der Waals surface area contributed by atoms with E-state index in [0.29, 0.717) is 5.84 Å². The quantitative estimate of drug-likeness (QED) is 0.435. The molecular weight excluding hydrogens is 124 g/mol. The van der Waals surface area contributed by atoms with Gasteiger partial charge in [-0.05, 0) is 11.6 Å². The molecule has 8 heavy (non-hydrogen) atoms. The van der Waals surface area contributed by atoms with Crippen molar-refractivity contribution in [2.75, 3.05) is 0 Å². The molecule has 4 nitrogen and oxygen atoms in total. The molecule has 0 atom stereocenters. The van der Waals surface area contributed by atoms with Crippen LogP contribution in [0, 0.1) is 0 Å². The lowest BCUT2D eigenvalue weighted by Crippen LogP contribution is -1.99. The van der Waals surface area contributed by atoms with Gasteiger partial charge in [-0.25, -0.2) is 9.98 Å². The van der Waals surface area contributed by atoms with Crippen LogP contribution in [0.2, 0.25) is 0 Å². The fourth-order valence-electron chi connectivity index (χ4n) is 0.502. The zero-order valence-electron chi connectivity index (χ0n) is 3.81. The zero-order valence-corrected chi connectivity index (χ0v) is 4.71. The van der Waals surface area contributed by atoms with Crippen LogP contribution in [0.15, 0.2) is 19.6 Å². The topological polar surface area (TPSA) is 49.4 Å². The molecule has 2 heterocycles. The van der Waals surface area contributed by atoms with Gasteiger partial charge in [0.2, 0.25) is 5.84 Å². The van der Waals surface area contributed by atoms with Crippen LogP contribution in [-0.4, -0.2) is 17.2 Å². The third-order valence-electron chi connectivity index (χ3n) is 0.839. The Hall–Kier alpha value is -0.840. The molecule has 0 aromatic rings. The highest BCUT2D eigenvalue weighted by Gasteiger charge is 2.12. The van der Waals surface area contributed by atoms with Crippen molar-refractivity contribution >= 4 is 28.8 Å². The molecule has 0 spiro atoms. The summed E-state index contributed by atoms with van der Waals surface area (Å²) in [6.45, 7) is 0. The highest BCUT2D eigenvalue weighted by molar-refractivity contribution is 7.89. The Balaban J connectivity index is 2.59. The van der Waals surface area contributed by atoms with E-state index in [-0.39, 0.29) is 0 Å². The van der Waals surface area contributed by atoms with Crippen LogP contribution in [0.5, 0.6) is 0 Å². The number of amidine groups is 1. The molecule has 5 heteroatoms. The van der Waals surface area contributed by atoms with Crippen LogP contribution in [-0.2, 0) is 11.6 Å². The number of hydrogen-bond acceptors (Lipinski definition) is 4. The summed E-state index contributed by atoms with van der Waals surface area (Å²) in [4.78, 5) is 7.70. The largest absolute Gasteiger partial charge is 0.225 e. The van der Waals surface area contributed by atoms with Crippen LogP contribution in [0.3, 0.4) is 0 Å². The highest BCUT2D eigenvalue weighted by atomic mass is 32.1. The fraction of sp³-hybridized carbons (Fsp3) is 0. The molecule has 0 saturated carbocycles. The second kappa shape index (κ2) is 1.32. The van der Waals surface area contributed by atoms with E-state index < -0.39 is 0 Å². The van der Waals surface area contributed by atoms with E-state index in [1.54, 1.807) is 0 Å². The lowest BCUT2D eigenvalue weighted by Gasteiger charge is -1.75. The molecule has 40 valence electrons. The minimum absolute atomic E-state index is 0.673. The molecule has 0 radical (unpaired) electrons. The van der Waals surface area contributed by atoms with E-state index in [0.717, 1.165) is 16.6 Å². The lowest BCUT2D eigenvalue weighted by atomic mass is 10.7. The van der Waals surface area contributed by atoms with Gasteiger partial charge in [-0.1, -0.05) is 0 Å². The molecule has 2 aliphatic rings. The number of nitrogens with zero attached hydrogens (tertiary/aromatic N) is 4. The van der Waals surface area contributed by atoms with E-state index in [4.69, 9.17) is 0 Å². The summed E-state index contributed by atoms with van der Waals surface area (Å²) < 4.78 is 3.68. The van der Waals surface area contributed by atoms with Gasteiger partial charge in [-0.2, -0.15) is 0 Å².